The Morgan fingerprint density at radius 1 is 0.951 bits per heavy atom. The molecule has 1 aromatic heterocycles. The van der Waals surface area contributed by atoms with Crippen LogP contribution in [0.1, 0.15) is 16.7 Å². The summed E-state index contributed by atoms with van der Waals surface area (Å²) in [5.41, 5.74) is 2.58. The van der Waals surface area contributed by atoms with Crippen LogP contribution in [0.4, 0.5) is 5.69 Å². The standard InChI is InChI=1S/C31H33N3O7/c1-22-6-5-15-32-31(22)41-27-11-9-23(10-12-27)16-25(19-35)33-18-26(36)21-39-28-13-14-30(29(17-28)34(37)38)40-20-24-7-3-2-4-8-24/h2-15,17,25-26,33,35-36H,16,18-21H2,1H3/t25-,26-/m0/s1. The molecule has 0 aliphatic carbocycles. The summed E-state index contributed by atoms with van der Waals surface area (Å²) in [6.07, 6.45) is 1.30. The molecule has 10 heteroatoms. The van der Waals surface area contributed by atoms with Crippen molar-refractivity contribution < 1.29 is 29.3 Å². The molecule has 0 unspecified atom stereocenters. The van der Waals surface area contributed by atoms with E-state index in [1.54, 1.807) is 12.3 Å². The maximum Gasteiger partial charge on any atom is 0.314 e. The van der Waals surface area contributed by atoms with Crippen molar-refractivity contribution in [3.63, 3.8) is 0 Å². The average Bonchev–Trinajstić information content (AvgIpc) is 2.99. The van der Waals surface area contributed by atoms with Gasteiger partial charge in [0, 0.05) is 24.3 Å². The highest BCUT2D eigenvalue weighted by Crippen LogP contribution is 2.32. The Hall–Kier alpha value is -4.51. The van der Waals surface area contributed by atoms with Crippen LogP contribution in [-0.4, -0.2) is 52.0 Å². The van der Waals surface area contributed by atoms with Crippen molar-refractivity contribution >= 4 is 5.69 Å². The van der Waals surface area contributed by atoms with E-state index in [2.05, 4.69) is 10.3 Å². The van der Waals surface area contributed by atoms with Gasteiger partial charge in [-0.1, -0.05) is 48.5 Å². The maximum absolute atomic E-state index is 11.6. The Kier molecular flexibility index (Phi) is 10.6. The topological polar surface area (TPSA) is 136 Å². The first-order chi connectivity index (χ1) is 19.9. The lowest BCUT2D eigenvalue weighted by molar-refractivity contribution is -0.386. The van der Waals surface area contributed by atoms with E-state index in [0.29, 0.717) is 18.1 Å². The zero-order valence-corrected chi connectivity index (χ0v) is 22.7. The number of aryl methyl sites for hydroxylation is 1. The van der Waals surface area contributed by atoms with Gasteiger partial charge in [0.25, 0.3) is 0 Å². The van der Waals surface area contributed by atoms with Crippen molar-refractivity contribution in [2.24, 2.45) is 0 Å². The van der Waals surface area contributed by atoms with E-state index in [1.165, 1.54) is 12.1 Å². The van der Waals surface area contributed by atoms with Crippen molar-refractivity contribution in [1.29, 1.82) is 0 Å². The van der Waals surface area contributed by atoms with Crippen LogP contribution < -0.4 is 19.5 Å². The average molecular weight is 560 g/mol. The quantitative estimate of drug-likeness (QED) is 0.141. The molecule has 2 atom stereocenters. The van der Waals surface area contributed by atoms with E-state index < -0.39 is 11.0 Å². The van der Waals surface area contributed by atoms with Crippen LogP contribution >= 0.6 is 0 Å². The van der Waals surface area contributed by atoms with Gasteiger partial charge >= 0.3 is 5.69 Å². The number of pyridine rings is 1. The molecule has 10 nitrogen and oxygen atoms in total. The minimum Gasteiger partial charge on any atom is -0.491 e. The Bertz CT molecular complexity index is 1400. The second-order valence-corrected chi connectivity index (χ2v) is 9.49. The van der Waals surface area contributed by atoms with Gasteiger partial charge < -0.3 is 29.7 Å². The lowest BCUT2D eigenvalue weighted by Crippen LogP contribution is -2.41. The van der Waals surface area contributed by atoms with Crippen LogP contribution in [0, 0.1) is 17.0 Å². The molecule has 0 bridgehead atoms. The highest BCUT2D eigenvalue weighted by molar-refractivity contribution is 5.51. The first-order valence-electron chi connectivity index (χ1n) is 13.2. The Labute approximate surface area is 238 Å². The number of rotatable bonds is 15. The van der Waals surface area contributed by atoms with E-state index in [1.807, 2.05) is 73.7 Å². The van der Waals surface area contributed by atoms with Crippen LogP contribution in [-0.2, 0) is 13.0 Å². The number of aromatic nitrogens is 1. The summed E-state index contributed by atoms with van der Waals surface area (Å²) in [5, 5.41) is 35.0. The first-order valence-corrected chi connectivity index (χ1v) is 13.2. The number of ether oxygens (including phenoxy) is 3. The van der Waals surface area contributed by atoms with E-state index in [9.17, 15) is 20.3 Å². The number of nitrogens with zero attached hydrogens (tertiary/aromatic N) is 2. The highest BCUT2D eigenvalue weighted by Gasteiger charge is 2.18. The van der Waals surface area contributed by atoms with E-state index in [4.69, 9.17) is 14.2 Å². The largest absolute Gasteiger partial charge is 0.491 e. The third-order valence-corrected chi connectivity index (χ3v) is 6.25. The lowest BCUT2D eigenvalue weighted by atomic mass is 10.1. The third-order valence-electron chi connectivity index (χ3n) is 6.25. The molecule has 0 aliphatic heterocycles. The first kappa shape index (κ1) is 29.5. The molecule has 0 radical (unpaired) electrons. The number of hydrogen-bond donors (Lipinski definition) is 3. The van der Waals surface area contributed by atoms with Crippen molar-refractivity contribution in [3.05, 3.63) is 118 Å². The molecule has 41 heavy (non-hydrogen) atoms. The predicted octanol–water partition coefficient (Wildman–Crippen LogP) is 4.60. The minimum atomic E-state index is -0.908. The van der Waals surface area contributed by atoms with Crippen LogP contribution in [0.5, 0.6) is 23.1 Å². The Morgan fingerprint density at radius 2 is 1.71 bits per heavy atom. The van der Waals surface area contributed by atoms with Crippen molar-refractivity contribution in [3.8, 4) is 23.1 Å². The summed E-state index contributed by atoms with van der Waals surface area (Å²) in [4.78, 5) is 15.3. The van der Waals surface area contributed by atoms with Crippen LogP contribution in [0.15, 0.2) is 91.1 Å². The fourth-order valence-corrected chi connectivity index (χ4v) is 4.01. The van der Waals surface area contributed by atoms with E-state index in [0.717, 1.165) is 16.7 Å². The minimum absolute atomic E-state index is 0.0918. The molecule has 3 N–H and O–H groups in total. The van der Waals surface area contributed by atoms with E-state index in [-0.39, 0.29) is 49.6 Å². The molecule has 0 spiro atoms. The number of nitrogens with one attached hydrogen (secondary N) is 1. The normalized spacial score (nSPS) is 12.4. The molecule has 0 amide bonds. The SMILES string of the molecule is Cc1cccnc1Oc1ccc(C[C@@H](CO)NC[C@H](O)COc2ccc(OCc3ccccc3)c([N+](=O)[O-])c2)cc1. The van der Waals surface area contributed by atoms with Crippen LogP contribution in [0.3, 0.4) is 0 Å². The van der Waals surface area contributed by atoms with Crippen molar-refractivity contribution in [2.45, 2.75) is 32.1 Å². The Balaban J connectivity index is 1.24. The van der Waals surface area contributed by atoms with Gasteiger partial charge in [0.05, 0.1) is 17.6 Å². The predicted molar refractivity (Wildman–Crippen MR) is 153 cm³/mol. The molecule has 0 fully saturated rings. The second-order valence-electron chi connectivity index (χ2n) is 9.49. The molecule has 0 aliphatic rings. The maximum atomic E-state index is 11.6. The van der Waals surface area contributed by atoms with Gasteiger partial charge in [-0.05, 0) is 54.8 Å². The van der Waals surface area contributed by atoms with E-state index >= 15 is 0 Å². The highest BCUT2D eigenvalue weighted by atomic mass is 16.6. The van der Waals surface area contributed by atoms with Gasteiger partial charge in [-0.15, -0.1) is 0 Å². The van der Waals surface area contributed by atoms with Crippen molar-refractivity contribution in [2.75, 3.05) is 19.8 Å². The second kappa shape index (κ2) is 14.8. The molecular weight excluding hydrogens is 526 g/mol. The number of aliphatic hydroxyl groups is 2. The number of nitro groups is 1. The van der Waals surface area contributed by atoms with Gasteiger partial charge in [-0.3, -0.25) is 10.1 Å². The van der Waals surface area contributed by atoms with Crippen LogP contribution in [0.2, 0.25) is 0 Å². The summed E-state index contributed by atoms with van der Waals surface area (Å²) in [6, 6.07) is 24.7. The third kappa shape index (κ3) is 9.00. The monoisotopic (exact) mass is 559 g/mol. The number of nitro benzene ring substituents is 1. The molecule has 0 saturated heterocycles. The van der Waals surface area contributed by atoms with Gasteiger partial charge in [0.15, 0.2) is 5.75 Å². The fourth-order valence-electron chi connectivity index (χ4n) is 4.01. The summed E-state index contributed by atoms with van der Waals surface area (Å²) < 4.78 is 17.1. The molecule has 3 aromatic carbocycles. The van der Waals surface area contributed by atoms with Gasteiger partial charge in [-0.2, -0.15) is 0 Å². The van der Waals surface area contributed by atoms with Gasteiger partial charge in [0.1, 0.15) is 30.8 Å². The summed E-state index contributed by atoms with van der Waals surface area (Å²) >= 11 is 0. The summed E-state index contributed by atoms with van der Waals surface area (Å²) in [6.45, 7) is 2.06. The smallest absolute Gasteiger partial charge is 0.314 e. The number of aliphatic hydroxyl groups excluding tert-OH is 2. The van der Waals surface area contributed by atoms with Crippen molar-refractivity contribution in [1.82, 2.24) is 10.3 Å². The lowest BCUT2D eigenvalue weighted by Gasteiger charge is -2.19. The molecule has 4 aromatic rings. The molecule has 0 saturated carbocycles. The molecule has 214 valence electrons. The van der Waals surface area contributed by atoms with Crippen LogP contribution in [0.25, 0.3) is 0 Å². The molecular formula is C31H33N3O7. The number of benzene rings is 3. The Morgan fingerprint density at radius 3 is 2.41 bits per heavy atom. The zero-order valence-electron chi connectivity index (χ0n) is 22.7. The molecule has 4 rings (SSSR count). The zero-order chi connectivity index (χ0) is 29.0. The van der Waals surface area contributed by atoms with Gasteiger partial charge in [0.2, 0.25) is 5.88 Å². The van der Waals surface area contributed by atoms with Gasteiger partial charge in [-0.25, -0.2) is 4.98 Å². The summed E-state index contributed by atoms with van der Waals surface area (Å²) in [7, 11) is 0. The molecule has 1 heterocycles. The summed E-state index contributed by atoms with van der Waals surface area (Å²) in [5.74, 6) is 1.58. The number of hydrogen-bond acceptors (Lipinski definition) is 9. The fraction of sp³-hybridized carbons (Fsp3) is 0.258.